The highest BCUT2D eigenvalue weighted by Crippen LogP contribution is 2.27. The minimum Gasteiger partial charge on any atom is -0.503 e. The molecule has 4 amide bonds. The quantitative estimate of drug-likeness (QED) is 0.0583. The molecule has 0 aliphatic rings. The Morgan fingerprint density at radius 1 is 0.492 bits per heavy atom. The van der Waals surface area contributed by atoms with E-state index in [1.165, 1.54) is 18.2 Å². The SMILES string of the molecule is CCCCn1ccc(=O)c(O)c1CNC(=O)CCC(CCC(=O)NCc1c(O)c(=O)ccn1CCCC)(CCC(=O)NCc1c(O)c(=O)ccn1CCCC)NC(=O)CCC. The van der Waals surface area contributed by atoms with Crippen LogP contribution in [0.15, 0.2) is 51.2 Å². The average Bonchev–Trinajstić information content (AvgIpc) is 3.24. The fraction of sp³-hybridized carbons (Fsp3) is 0.568. The molecule has 3 heterocycles. The molecular weight excluding hydrogens is 787 g/mol. The van der Waals surface area contributed by atoms with E-state index in [1.54, 1.807) is 32.3 Å². The van der Waals surface area contributed by atoms with Crippen molar-refractivity contribution >= 4 is 23.6 Å². The number of aryl methyl sites for hydroxylation is 3. The topological polar surface area (TPSA) is 243 Å². The maximum atomic E-state index is 13.5. The third-order valence-electron chi connectivity index (χ3n) is 10.8. The van der Waals surface area contributed by atoms with Crippen LogP contribution in [-0.4, -0.2) is 58.2 Å². The first kappa shape index (κ1) is 49.5. The van der Waals surface area contributed by atoms with E-state index in [1.807, 2.05) is 27.7 Å². The van der Waals surface area contributed by atoms with Crippen LogP contribution in [0.5, 0.6) is 17.2 Å². The Morgan fingerprint density at radius 3 is 1.08 bits per heavy atom. The van der Waals surface area contributed by atoms with Crippen molar-refractivity contribution < 1.29 is 34.5 Å². The molecule has 0 spiro atoms. The Labute approximate surface area is 356 Å². The summed E-state index contributed by atoms with van der Waals surface area (Å²) >= 11 is 0. The van der Waals surface area contributed by atoms with Crippen LogP contribution in [0.4, 0.5) is 0 Å². The van der Waals surface area contributed by atoms with E-state index in [-0.39, 0.29) is 87.6 Å². The van der Waals surface area contributed by atoms with Crippen LogP contribution in [0.3, 0.4) is 0 Å². The molecule has 3 rings (SSSR count). The van der Waals surface area contributed by atoms with Crippen LogP contribution in [-0.2, 0) is 58.4 Å². The van der Waals surface area contributed by atoms with Gasteiger partial charge < -0.3 is 50.3 Å². The summed E-state index contributed by atoms with van der Waals surface area (Å²) in [4.78, 5) is 90.5. The maximum Gasteiger partial charge on any atom is 0.223 e. The highest BCUT2D eigenvalue weighted by Gasteiger charge is 2.34. The normalized spacial score (nSPS) is 11.3. The highest BCUT2D eigenvalue weighted by molar-refractivity contribution is 5.80. The van der Waals surface area contributed by atoms with Gasteiger partial charge >= 0.3 is 0 Å². The minimum absolute atomic E-state index is 0.00429. The molecule has 7 N–H and O–H groups in total. The van der Waals surface area contributed by atoms with E-state index in [0.29, 0.717) is 26.1 Å². The molecule has 0 saturated heterocycles. The standard InChI is InChI=1S/C44H65N7O10/c1-5-9-22-49-25-16-34(52)41(59)31(49)28-45-37(55)13-19-44(48-40(58)12-8-4,20-14-38(56)46-29-32-42(60)35(53)17-26-50(32)23-10-6-2)21-15-39(57)47-30-33-43(61)36(54)18-27-51(33)24-11-7-3/h16-18,25-27,59-61H,5-15,19-24,28-30H2,1-4H3,(H,45,55)(H,46,56)(H,47,57)(H,48,58). The Kier molecular flexibility index (Phi) is 20.3. The number of carbonyl (C=O) groups excluding carboxylic acids is 4. The molecule has 17 heteroatoms. The van der Waals surface area contributed by atoms with Crippen molar-refractivity contribution in [3.05, 3.63) is 84.5 Å². The third kappa shape index (κ3) is 15.3. The number of nitrogens with zero attached hydrogens (tertiary/aromatic N) is 3. The minimum atomic E-state index is -1.26. The third-order valence-corrected chi connectivity index (χ3v) is 10.8. The molecular formula is C44H65N7O10. The number of hydrogen-bond acceptors (Lipinski definition) is 10. The summed E-state index contributed by atoms with van der Waals surface area (Å²) in [6.45, 7) is 8.98. The molecule has 17 nitrogen and oxygen atoms in total. The van der Waals surface area contributed by atoms with Crippen molar-refractivity contribution in [3.8, 4) is 17.2 Å². The second-order valence-corrected chi connectivity index (χ2v) is 15.5. The van der Waals surface area contributed by atoms with Gasteiger partial charge in [-0.05, 0) is 44.9 Å². The van der Waals surface area contributed by atoms with E-state index in [9.17, 15) is 48.9 Å². The second kappa shape index (κ2) is 25.0. The zero-order valence-electron chi connectivity index (χ0n) is 36.1. The predicted molar refractivity (Wildman–Crippen MR) is 231 cm³/mol. The molecule has 0 aliphatic heterocycles. The first-order valence-electron chi connectivity index (χ1n) is 21.5. The van der Waals surface area contributed by atoms with E-state index < -0.39 is 56.8 Å². The van der Waals surface area contributed by atoms with Crippen LogP contribution in [0, 0.1) is 0 Å². The van der Waals surface area contributed by atoms with E-state index in [4.69, 9.17) is 0 Å². The molecule has 3 aromatic heterocycles. The summed E-state index contributed by atoms with van der Waals surface area (Å²) < 4.78 is 5.14. The molecule has 0 unspecified atom stereocenters. The zero-order valence-corrected chi connectivity index (χ0v) is 36.1. The van der Waals surface area contributed by atoms with Gasteiger partial charge in [-0.2, -0.15) is 0 Å². The van der Waals surface area contributed by atoms with Crippen LogP contribution < -0.4 is 37.6 Å². The Hall–Kier alpha value is -5.87. The second-order valence-electron chi connectivity index (χ2n) is 15.5. The summed E-state index contributed by atoms with van der Waals surface area (Å²) in [6.07, 6.45) is 9.80. The number of pyridine rings is 3. The molecule has 0 saturated carbocycles. The van der Waals surface area contributed by atoms with Crippen molar-refractivity contribution in [1.29, 1.82) is 0 Å². The smallest absolute Gasteiger partial charge is 0.223 e. The largest absolute Gasteiger partial charge is 0.503 e. The molecule has 0 aliphatic carbocycles. The molecule has 3 aromatic rings. The Morgan fingerprint density at radius 2 is 0.803 bits per heavy atom. The number of rotatable bonds is 27. The molecule has 0 bridgehead atoms. The van der Waals surface area contributed by atoms with Crippen LogP contribution in [0.25, 0.3) is 0 Å². The molecule has 0 atom stereocenters. The summed E-state index contributed by atoms with van der Waals surface area (Å²) in [5.74, 6) is -3.13. The van der Waals surface area contributed by atoms with Gasteiger partial charge in [0.15, 0.2) is 17.2 Å². The van der Waals surface area contributed by atoms with Gasteiger partial charge in [-0.25, -0.2) is 0 Å². The number of aromatic nitrogens is 3. The van der Waals surface area contributed by atoms with Crippen molar-refractivity contribution in [1.82, 2.24) is 35.0 Å². The first-order chi connectivity index (χ1) is 29.2. The molecule has 336 valence electrons. The van der Waals surface area contributed by atoms with Crippen LogP contribution >= 0.6 is 0 Å². The summed E-state index contributed by atoms with van der Waals surface area (Å²) in [7, 11) is 0. The number of hydrogen-bond donors (Lipinski definition) is 7. The van der Waals surface area contributed by atoms with Gasteiger partial charge in [0, 0.05) is 87.6 Å². The number of amides is 4. The van der Waals surface area contributed by atoms with Gasteiger partial charge in [0.05, 0.1) is 36.7 Å². The Bertz CT molecular complexity index is 1900. The first-order valence-corrected chi connectivity index (χ1v) is 21.5. The van der Waals surface area contributed by atoms with Gasteiger partial charge in [-0.15, -0.1) is 0 Å². The maximum absolute atomic E-state index is 13.5. The lowest BCUT2D eigenvalue weighted by Crippen LogP contribution is -2.50. The van der Waals surface area contributed by atoms with E-state index >= 15 is 0 Å². The van der Waals surface area contributed by atoms with Crippen molar-refractivity contribution in [3.63, 3.8) is 0 Å². The van der Waals surface area contributed by atoms with Gasteiger partial charge in [-0.1, -0.05) is 47.0 Å². The number of nitrogens with one attached hydrogen (secondary N) is 4. The van der Waals surface area contributed by atoms with Gasteiger partial charge in [-0.3, -0.25) is 33.6 Å². The highest BCUT2D eigenvalue weighted by atomic mass is 16.3. The van der Waals surface area contributed by atoms with Gasteiger partial charge in [0.1, 0.15) is 0 Å². The number of unbranched alkanes of at least 4 members (excludes halogenated alkanes) is 3. The number of carbonyl (C=O) groups is 4. The van der Waals surface area contributed by atoms with Crippen molar-refractivity contribution in [2.45, 2.75) is 162 Å². The summed E-state index contributed by atoms with van der Waals surface area (Å²) in [5.41, 5.74) is -2.25. The van der Waals surface area contributed by atoms with Gasteiger partial charge in [0.2, 0.25) is 39.9 Å². The summed E-state index contributed by atoms with van der Waals surface area (Å²) in [6, 6.07) is 3.78. The summed E-state index contributed by atoms with van der Waals surface area (Å²) in [5, 5.41) is 43.0. The van der Waals surface area contributed by atoms with Crippen molar-refractivity contribution in [2.24, 2.45) is 0 Å². The zero-order chi connectivity index (χ0) is 45.0. The number of aromatic hydroxyl groups is 3. The fourth-order valence-corrected chi connectivity index (χ4v) is 7.00. The van der Waals surface area contributed by atoms with Crippen molar-refractivity contribution in [2.75, 3.05) is 0 Å². The molecule has 0 fully saturated rings. The van der Waals surface area contributed by atoms with Crippen LogP contribution in [0.2, 0.25) is 0 Å². The predicted octanol–water partition coefficient (Wildman–Crippen LogP) is 3.93. The monoisotopic (exact) mass is 851 g/mol. The average molecular weight is 852 g/mol. The van der Waals surface area contributed by atoms with E-state index in [0.717, 1.165) is 38.5 Å². The lowest BCUT2D eigenvalue weighted by molar-refractivity contribution is -0.127. The Balaban J connectivity index is 1.87. The lowest BCUT2D eigenvalue weighted by Gasteiger charge is -2.35. The molecule has 0 radical (unpaired) electrons. The molecule has 0 aromatic carbocycles. The molecule has 61 heavy (non-hydrogen) atoms. The van der Waals surface area contributed by atoms with Gasteiger partial charge in [0.25, 0.3) is 0 Å². The lowest BCUT2D eigenvalue weighted by atomic mass is 9.83. The fourth-order valence-electron chi connectivity index (χ4n) is 7.00. The van der Waals surface area contributed by atoms with E-state index in [2.05, 4.69) is 21.3 Å². The van der Waals surface area contributed by atoms with Crippen LogP contribution in [0.1, 0.15) is 135 Å².